The molecule has 0 fully saturated rings. The van der Waals surface area contributed by atoms with Crippen molar-refractivity contribution >= 4 is 0 Å². The summed E-state index contributed by atoms with van der Waals surface area (Å²) in [6.45, 7) is 6.16. The van der Waals surface area contributed by atoms with E-state index in [1.165, 1.54) is 24.3 Å². The highest BCUT2D eigenvalue weighted by Gasteiger charge is 2.16. The van der Waals surface area contributed by atoms with E-state index in [1.54, 1.807) is 12.1 Å². The molecule has 0 radical (unpaired) electrons. The zero-order valence-corrected chi connectivity index (χ0v) is 13.0. The fourth-order valence-electron chi connectivity index (χ4n) is 2.61. The van der Waals surface area contributed by atoms with Crippen LogP contribution in [0.5, 0.6) is 5.75 Å². The van der Waals surface area contributed by atoms with Crippen LogP contribution in [0, 0.1) is 12.7 Å². The number of hydrogen-bond acceptors (Lipinski definition) is 2. The summed E-state index contributed by atoms with van der Waals surface area (Å²) in [5, 5.41) is 3.45. The largest absolute Gasteiger partial charge is 0.497 e. The lowest BCUT2D eigenvalue weighted by Gasteiger charge is -2.22. The lowest BCUT2D eigenvalue weighted by atomic mass is 10.0. The van der Waals surface area contributed by atoms with Crippen molar-refractivity contribution in [2.75, 3.05) is 7.11 Å². The highest BCUT2D eigenvalue weighted by atomic mass is 19.1. The first-order chi connectivity index (χ1) is 10.0. The molecular formula is C18H22FNO. The van der Waals surface area contributed by atoms with Gasteiger partial charge in [0.15, 0.2) is 0 Å². The SMILES string of the molecule is COc1ccc(C(C)N[C@@H](C)c2ccccc2C)c(F)c1. The molecule has 2 rings (SSSR count). The lowest BCUT2D eigenvalue weighted by Crippen LogP contribution is -2.23. The van der Waals surface area contributed by atoms with Gasteiger partial charge in [0.2, 0.25) is 0 Å². The molecule has 2 aromatic carbocycles. The Balaban J connectivity index is 2.14. The summed E-state index contributed by atoms with van der Waals surface area (Å²) in [6.07, 6.45) is 0. The molecule has 0 saturated carbocycles. The van der Waals surface area contributed by atoms with Crippen LogP contribution in [0.15, 0.2) is 42.5 Å². The molecule has 112 valence electrons. The van der Waals surface area contributed by atoms with E-state index >= 15 is 0 Å². The van der Waals surface area contributed by atoms with E-state index in [0.717, 1.165) is 0 Å². The summed E-state index contributed by atoms with van der Waals surface area (Å²) in [7, 11) is 1.54. The fourth-order valence-corrected chi connectivity index (χ4v) is 2.61. The van der Waals surface area contributed by atoms with Crippen molar-refractivity contribution < 1.29 is 9.13 Å². The number of aryl methyl sites for hydroxylation is 1. The van der Waals surface area contributed by atoms with Crippen LogP contribution in [0.4, 0.5) is 4.39 Å². The second-order valence-corrected chi connectivity index (χ2v) is 5.35. The van der Waals surface area contributed by atoms with Gasteiger partial charge in [0, 0.05) is 23.7 Å². The molecule has 0 bridgehead atoms. The minimum atomic E-state index is -0.244. The van der Waals surface area contributed by atoms with Crippen molar-refractivity contribution in [1.82, 2.24) is 5.32 Å². The molecule has 2 aromatic rings. The second-order valence-electron chi connectivity index (χ2n) is 5.35. The molecule has 2 nitrogen and oxygen atoms in total. The quantitative estimate of drug-likeness (QED) is 0.870. The Labute approximate surface area is 126 Å². The van der Waals surface area contributed by atoms with Gasteiger partial charge in [-0.3, -0.25) is 0 Å². The van der Waals surface area contributed by atoms with E-state index in [1.807, 2.05) is 19.1 Å². The number of hydrogen-bond donors (Lipinski definition) is 1. The summed E-state index contributed by atoms with van der Waals surface area (Å²) in [5.41, 5.74) is 3.12. The van der Waals surface area contributed by atoms with Crippen LogP contribution in [0.3, 0.4) is 0 Å². The highest BCUT2D eigenvalue weighted by molar-refractivity contribution is 5.32. The minimum absolute atomic E-state index is 0.0782. The molecule has 1 unspecified atom stereocenters. The monoisotopic (exact) mass is 287 g/mol. The first kappa shape index (κ1) is 15.5. The Bertz CT molecular complexity index is 612. The van der Waals surface area contributed by atoms with Gasteiger partial charge in [-0.05, 0) is 38.0 Å². The number of rotatable bonds is 5. The van der Waals surface area contributed by atoms with Crippen molar-refractivity contribution in [3.63, 3.8) is 0 Å². The van der Waals surface area contributed by atoms with Crippen molar-refractivity contribution in [3.8, 4) is 5.75 Å². The number of halogens is 1. The Morgan fingerprint density at radius 2 is 1.67 bits per heavy atom. The van der Waals surface area contributed by atoms with Crippen LogP contribution in [-0.4, -0.2) is 7.11 Å². The van der Waals surface area contributed by atoms with Gasteiger partial charge in [-0.25, -0.2) is 4.39 Å². The molecule has 0 saturated heterocycles. The van der Waals surface area contributed by atoms with Crippen molar-refractivity contribution in [3.05, 3.63) is 65.0 Å². The van der Waals surface area contributed by atoms with E-state index in [0.29, 0.717) is 11.3 Å². The molecule has 0 aliphatic heterocycles. The minimum Gasteiger partial charge on any atom is -0.497 e. The topological polar surface area (TPSA) is 21.3 Å². The summed E-state index contributed by atoms with van der Waals surface area (Å²) in [5.74, 6) is 0.293. The molecule has 21 heavy (non-hydrogen) atoms. The second kappa shape index (κ2) is 6.72. The maximum atomic E-state index is 14.1. The van der Waals surface area contributed by atoms with Crippen molar-refractivity contribution in [2.45, 2.75) is 32.9 Å². The maximum absolute atomic E-state index is 14.1. The first-order valence-corrected chi connectivity index (χ1v) is 7.18. The van der Waals surface area contributed by atoms with Gasteiger partial charge in [0.1, 0.15) is 11.6 Å². The van der Waals surface area contributed by atoms with Gasteiger partial charge >= 0.3 is 0 Å². The summed E-state index contributed by atoms with van der Waals surface area (Å²) >= 11 is 0. The average molecular weight is 287 g/mol. The lowest BCUT2D eigenvalue weighted by molar-refractivity contribution is 0.408. The van der Waals surface area contributed by atoms with E-state index in [4.69, 9.17) is 4.74 Å². The van der Waals surface area contributed by atoms with E-state index in [-0.39, 0.29) is 17.9 Å². The van der Waals surface area contributed by atoms with Gasteiger partial charge in [0.25, 0.3) is 0 Å². The summed E-state index contributed by atoms with van der Waals surface area (Å²) < 4.78 is 19.1. The van der Waals surface area contributed by atoms with Gasteiger partial charge in [-0.15, -0.1) is 0 Å². The third-order valence-electron chi connectivity index (χ3n) is 3.83. The number of benzene rings is 2. The number of nitrogens with one attached hydrogen (secondary N) is 1. The molecule has 0 spiro atoms. The average Bonchev–Trinajstić information content (AvgIpc) is 2.47. The van der Waals surface area contributed by atoms with Crippen LogP contribution in [0.25, 0.3) is 0 Å². The zero-order valence-electron chi connectivity index (χ0n) is 13.0. The van der Waals surface area contributed by atoms with Crippen LogP contribution >= 0.6 is 0 Å². The molecule has 3 heteroatoms. The fraction of sp³-hybridized carbons (Fsp3) is 0.333. The molecule has 0 heterocycles. The van der Waals surface area contributed by atoms with E-state index in [2.05, 4.69) is 31.3 Å². The van der Waals surface area contributed by atoms with Crippen molar-refractivity contribution in [1.29, 1.82) is 0 Å². The van der Waals surface area contributed by atoms with Gasteiger partial charge in [0.05, 0.1) is 7.11 Å². The molecule has 0 aliphatic rings. The predicted octanol–water partition coefficient (Wildman–Crippen LogP) is 4.55. The third-order valence-corrected chi connectivity index (χ3v) is 3.83. The standard InChI is InChI=1S/C18H22FNO/c1-12-7-5-6-8-16(12)13(2)20-14(3)17-10-9-15(21-4)11-18(17)19/h5-11,13-14,20H,1-4H3/t13-,14?/m0/s1. The summed E-state index contributed by atoms with van der Waals surface area (Å²) in [4.78, 5) is 0. The summed E-state index contributed by atoms with van der Waals surface area (Å²) in [6, 6.07) is 13.3. The van der Waals surface area contributed by atoms with Gasteiger partial charge < -0.3 is 10.1 Å². The molecule has 0 aliphatic carbocycles. The van der Waals surface area contributed by atoms with Crippen LogP contribution in [-0.2, 0) is 0 Å². The Morgan fingerprint density at radius 3 is 2.29 bits per heavy atom. The normalized spacial score (nSPS) is 13.8. The van der Waals surface area contributed by atoms with Gasteiger partial charge in [-0.2, -0.15) is 0 Å². The Hall–Kier alpha value is -1.87. The smallest absolute Gasteiger partial charge is 0.131 e. The van der Waals surface area contributed by atoms with E-state index in [9.17, 15) is 4.39 Å². The molecule has 0 aromatic heterocycles. The highest BCUT2D eigenvalue weighted by Crippen LogP contribution is 2.25. The first-order valence-electron chi connectivity index (χ1n) is 7.18. The van der Waals surface area contributed by atoms with Crippen LogP contribution in [0.1, 0.15) is 42.6 Å². The van der Waals surface area contributed by atoms with Crippen molar-refractivity contribution in [2.24, 2.45) is 0 Å². The molecule has 2 atom stereocenters. The maximum Gasteiger partial charge on any atom is 0.131 e. The molecule has 0 amide bonds. The van der Waals surface area contributed by atoms with Crippen LogP contribution < -0.4 is 10.1 Å². The Morgan fingerprint density at radius 1 is 1.00 bits per heavy atom. The Kier molecular flexibility index (Phi) is 4.97. The number of ether oxygens (including phenoxy) is 1. The van der Waals surface area contributed by atoms with Crippen LogP contribution in [0.2, 0.25) is 0 Å². The predicted molar refractivity (Wildman–Crippen MR) is 84.1 cm³/mol. The molecular weight excluding hydrogens is 265 g/mol. The zero-order chi connectivity index (χ0) is 15.4. The number of methoxy groups -OCH3 is 1. The third kappa shape index (κ3) is 3.61. The molecule has 1 N–H and O–H groups in total. The van der Waals surface area contributed by atoms with Gasteiger partial charge in [-0.1, -0.05) is 30.3 Å². The van der Waals surface area contributed by atoms with E-state index < -0.39 is 0 Å².